The average molecular weight is 796 g/mol. The van der Waals surface area contributed by atoms with Crippen LogP contribution in [0.25, 0.3) is 10.8 Å². The van der Waals surface area contributed by atoms with Crippen molar-refractivity contribution < 1.29 is 42.3 Å². The van der Waals surface area contributed by atoms with Gasteiger partial charge in [-0.05, 0) is 80.3 Å². The number of alkyl halides is 3. The van der Waals surface area contributed by atoms with Crippen molar-refractivity contribution in [1.29, 1.82) is 0 Å². The molecule has 2 heterocycles. The molecule has 2 unspecified atom stereocenters. The Bertz CT molecular complexity index is 1830. The summed E-state index contributed by atoms with van der Waals surface area (Å²) in [7, 11) is 0. The molecule has 310 valence electrons. The minimum atomic E-state index is -5.08. The Morgan fingerprint density at radius 1 is 0.825 bits per heavy atom. The van der Waals surface area contributed by atoms with E-state index in [-0.39, 0.29) is 30.2 Å². The Morgan fingerprint density at radius 2 is 1.47 bits per heavy atom. The van der Waals surface area contributed by atoms with Gasteiger partial charge in [-0.25, -0.2) is 4.79 Å². The van der Waals surface area contributed by atoms with Crippen molar-refractivity contribution in [1.82, 2.24) is 20.4 Å². The van der Waals surface area contributed by atoms with Crippen molar-refractivity contribution in [2.24, 2.45) is 16.6 Å². The zero-order valence-electron chi connectivity index (χ0n) is 32.9. The second kappa shape index (κ2) is 20.4. The maximum atomic E-state index is 14.6. The summed E-state index contributed by atoms with van der Waals surface area (Å²) in [6.07, 6.45) is 1.41. The highest BCUT2D eigenvalue weighted by molar-refractivity contribution is 5.92. The van der Waals surface area contributed by atoms with Gasteiger partial charge in [0.2, 0.25) is 23.6 Å². The summed E-state index contributed by atoms with van der Waals surface area (Å²) in [6.45, 7) is 6.86. The lowest BCUT2D eigenvalue weighted by Crippen LogP contribution is -2.59. The molecular weight excluding hydrogens is 739 g/mol. The quantitative estimate of drug-likeness (QED) is 0.154. The average Bonchev–Trinajstić information content (AvgIpc) is 3.19. The number of carbonyl (C=O) groups excluding carboxylic acids is 4. The minimum Gasteiger partial charge on any atom is -0.475 e. The lowest BCUT2D eigenvalue weighted by atomic mass is 9.74. The van der Waals surface area contributed by atoms with Crippen LogP contribution in [0, 0.1) is 10.8 Å². The first-order chi connectivity index (χ1) is 27.1. The van der Waals surface area contributed by atoms with Gasteiger partial charge in [-0.3, -0.25) is 19.2 Å². The number of carboxylic acid groups (broad SMARTS) is 1. The molecule has 4 amide bonds. The smallest absolute Gasteiger partial charge is 0.475 e. The summed E-state index contributed by atoms with van der Waals surface area (Å²) in [5.41, 5.74) is 6.14. The van der Waals surface area contributed by atoms with Crippen molar-refractivity contribution in [3.05, 3.63) is 83.9 Å². The lowest BCUT2D eigenvalue weighted by molar-refractivity contribution is -0.192. The normalized spacial score (nSPS) is 18.5. The van der Waals surface area contributed by atoms with Gasteiger partial charge in [0.25, 0.3) is 0 Å². The van der Waals surface area contributed by atoms with E-state index in [9.17, 15) is 32.3 Å². The number of nitrogens with two attached hydrogens (primary N) is 1. The van der Waals surface area contributed by atoms with E-state index in [1.807, 2.05) is 72.2 Å². The Kier molecular flexibility index (Phi) is 16.0. The Labute approximate surface area is 332 Å². The van der Waals surface area contributed by atoms with Gasteiger partial charge in [0.1, 0.15) is 6.04 Å². The topological polar surface area (TPSA) is 162 Å². The molecule has 5 rings (SSSR count). The van der Waals surface area contributed by atoms with Crippen molar-refractivity contribution in [2.45, 2.75) is 90.3 Å². The number of halogens is 3. The number of likely N-dealkylation sites (tertiary alicyclic amines) is 2. The van der Waals surface area contributed by atoms with Crippen molar-refractivity contribution in [2.75, 3.05) is 39.3 Å². The fourth-order valence-corrected chi connectivity index (χ4v) is 7.65. The van der Waals surface area contributed by atoms with Crippen LogP contribution in [-0.4, -0.2) is 96.0 Å². The third kappa shape index (κ3) is 12.5. The maximum Gasteiger partial charge on any atom is 0.490 e. The molecule has 0 saturated carbocycles. The van der Waals surface area contributed by atoms with Crippen LogP contribution in [-0.2, 0) is 36.8 Å². The van der Waals surface area contributed by atoms with Crippen LogP contribution in [0.15, 0.2) is 72.8 Å². The summed E-state index contributed by atoms with van der Waals surface area (Å²) in [6, 6.07) is 23.5. The van der Waals surface area contributed by atoms with Gasteiger partial charge in [-0.1, -0.05) is 86.1 Å². The number of benzene rings is 3. The Hall–Kier alpha value is -4.98. The minimum absolute atomic E-state index is 0.0373. The first-order valence-corrected chi connectivity index (χ1v) is 19.8. The predicted molar refractivity (Wildman–Crippen MR) is 212 cm³/mol. The molecule has 0 radical (unpaired) electrons. The fourth-order valence-electron chi connectivity index (χ4n) is 7.65. The van der Waals surface area contributed by atoms with Crippen LogP contribution < -0.4 is 16.4 Å². The Morgan fingerprint density at radius 3 is 2.11 bits per heavy atom. The third-order valence-corrected chi connectivity index (χ3v) is 11.1. The monoisotopic (exact) mass is 795 g/mol. The Balaban J connectivity index is 0.000000940. The van der Waals surface area contributed by atoms with E-state index >= 15 is 0 Å². The molecule has 2 aliphatic heterocycles. The molecule has 2 atom stereocenters. The van der Waals surface area contributed by atoms with Crippen molar-refractivity contribution >= 4 is 40.4 Å². The molecular formula is C43H56F3N5O6. The van der Waals surface area contributed by atoms with Crippen molar-refractivity contribution in [3.8, 4) is 0 Å². The van der Waals surface area contributed by atoms with Crippen LogP contribution in [0.5, 0.6) is 0 Å². The van der Waals surface area contributed by atoms with Gasteiger partial charge in [0, 0.05) is 51.0 Å². The molecule has 2 saturated heterocycles. The predicted octanol–water partition coefficient (Wildman–Crippen LogP) is 5.64. The van der Waals surface area contributed by atoms with Gasteiger partial charge in [0.05, 0.1) is 5.41 Å². The first kappa shape index (κ1) is 44.7. The molecule has 0 bridgehead atoms. The number of hydrogen-bond donors (Lipinski definition) is 4. The number of carboxylic acids is 1. The number of amides is 4. The molecule has 2 aliphatic rings. The van der Waals surface area contributed by atoms with Gasteiger partial charge < -0.3 is 31.3 Å². The number of unbranched alkanes of at least 4 members (excludes halogenated alkanes) is 2. The molecule has 57 heavy (non-hydrogen) atoms. The number of piperidine rings is 2. The van der Waals surface area contributed by atoms with Gasteiger partial charge >= 0.3 is 12.1 Å². The molecule has 0 spiro atoms. The number of hydrogen-bond acceptors (Lipinski definition) is 6. The van der Waals surface area contributed by atoms with E-state index in [1.54, 1.807) is 0 Å². The molecule has 0 aliphatic carbocycles. The van der Waals surface area contributed by atoms with E-state index in [2.05, 4.69) is 34.9 Å². The van der Waals surface area contributed by atoms with E-state index < -0.39 is 29.0 Å². The van der Waals surface area contributed by atoms with Gasteiger partial charge in [-0.15, -0.1) is 0 Å². The highest BCUT2D eigenvalue weighted by Crippen LogP contribution is 2.36. The van der Waals surface area contributed by atoms with E-state index in [1.165, 1.54) is 0 Å². The number of fused-ring (bicyclic) bond motifs is 1. The summed E-state index contributed by atoms with van der Waals surface area (Å²) in [4.78, 5) is 67.9. The van der Waals surface area contributed by atoms with Crippen LogP contribution in [0.4, 0.5) is 13.2 Å². The number of rotatable bonds is 14. The summed E-state index contributed by atoms with van der Waals surface area (Å²) < 4.78 is 31.7. The molecule has 3 aromatic rings. The van der Waals surface area contributed by atoms with Gasteiger partial charge in [-0.2, -0.15) is 13.2 Å². The number of nitrogens with one attached hydrogen (secondary N) is 2. The van der Waals surface area contributed by atoms with Gasteiger partial charge in [0.15, 0.2) is 0 Å². The molecule has 14 heteroatoms. The van der Waals surface area contributed by atoms with Crippen LogP contribution >= 0.6 is 0 Å². The van der Waals surface area contributed by atoms with Crippen LogP contribution in [0.1, 0.15) is 76.3 Å². The second-order valence-corrected chi connectivity index (χ2v) is 15.4. The number of carbonyl (C=O) groups is 5. The fraction of sp³-hybridized carbons (Fsp3) is 0.512. The standard InChI is InChI=1S/C41H55N5O4.C2HF3O2/c1-3-43-39(50)41(29-31-13-6-4-7-14-31)20-12-24-46(30-41)37(48)35(28-32-18-19-33-15-9-10-16-34(33)27-32)44-38(49)40(2)21-25-45(26-22-40)36(47)17-8-5-11-23-42;3-2(4,5)1(6)7/h4,6-7,9-10,13-16,18-19,27,35H,3,5,8,11-12,17,20-26,28-30,42H2,1-2H3,(H,43,50)(H,44,49);(H,6,7). The largest absolute Gasteiger partial charge is 0.490 e. The first-order valence-electron chi connectivity index (χ1n) is 19.8. The number of nitrogens with zero attached hydrogens (tertiary/aromatic N) is 2. The zero-order chi connectivity index (χ0) is 41.6. The second-order valence-electron chi connectivity index (χ2n) is 15.4. The molecule has 2 fully saturated rings. The maximum absolute atomic E-state index is 14.6. The molecule has 5 N–H and O–H groups in total. The zero-order valence-corrected chi connectivity index (χ0v) is 32.9. The summed E-state index contributed by atoms with van der Waals surface area (Å²) in [5, 5.41) is 15.6. The van der Waals surface area contributed by atoms with E-state index in [4.69, 9.17) is 15.6 Å². The van der Waals surface area contributed by atoms with Crippen LogP contribution in [0.3, 0.4) is 0 Å². The molecule has 0 aromatic heterocycles. The molecule has 11 nitrogen and oxygen atoms in total. The highest BCUT2D eigenvalue weighted by Gasteiger charge is 2.45. The van der Waals surface area contributed by atoms with E-state index in [0.717, 1.165) is 41.2 Å². The summed E-state index contributed by atoms with van der Waals surface area (Å²) >= 11 is 0. The molecule has 3 aromatic carbocycles. The van der Waals surface area contributed by atoms with Crippen molar-refractivity contribution in [3.63, 3.8) is 0 Å². The highest BCUT2D eigenvalue weighted by atomic mass is 19.4. The number of aliphatic carboxylic acids is 1. The third-order valence-electron chi connectivity index (χ3n) is 11.1. The lowest BCUT2D eigenvalue weighted by Gasteiger charge is -2.43. The van der Waals surface area contributed by atoms with E-state index in [0.29, 0.717) is 77.7 Å². The summed E-state index contributed by atoms with van der Waals surface area (Å²) in [5.74, 6) is -2.99. The van der Waals surface area contributed by atoms with Crippen LogP contribution in [0.2, 0.25) is 0 Å². The SMILES string of the molecule is CCNC(=O)C1(Cc2ccccc2)CCCN(C(=O)C(Cc2ccc3ccccc3c2)NC(=O)C2(C)CCN(C(=O)CCCCCN)CC2)C1.O=C(O)C(F)(F)F.